The highest BCUT2D eigenvalue weighted by molar-refractivity contribution is 6.33. The first kappa shape index (κ1) is 22.8. The molecule has 0 saturated heterocycles. The summed E-state index contributed by atoms with van der Waals surface area (Å²) in [5.74, 6) is -2.77. The monoisotopic (exact) mass is 475 g/mol. The number of imidazole rings is 1. The Morgan fingerprint density at radius 2 is 2.00 bits per heavy atom. The van der Waals surface area contributed by atoms with Crippen molar-refractivity contribution in [2.75, 3.05) is 0 Å². The molecule has 0 aromatic carbocycles. The molecule has 2 N–H and O–H groups in total. The van der Waals surface area contributed by atoms with E-state index in [9.17, 15) is 23.1 Å². The van der Waals surface area contributed by atoms with E-state index in [4.69, 9.17) is 23.2 Å². The molecule has 0 aliphatic carbocycles. The van der Waals surface area contributed by atoms with Gasteiger partial charge in [0.2, 0.25) is 16.9 Å². The smallest absolute Gasteiger partial charge is 0.451 e. The molecule has 3 heterocycles. The van der Waals surface area contributed by atoms with Crippen molar-refractivity contribution in [3.05, 3.63) is 52.3 Å². The minimum Gasteiger partial charge on any atom is -0.475 e. The number of halogens is 5. The van der Waals surface area contributed by atoms with Gasteiger partial charge in [0.15, 0.2) is 0 Å². The Bertz CT molecular complexity index is 1110. The summed E-state index contributed by atoms with van der Waals surface area (Å²) >= 11 is 11.8. The zero-order valence-corrected chi connectivity index (χ0v) is 17.2. The average Bonchev–Trinajstić information content (AvgIpc) is 3.11. The van der Waals surface area contributed by atoms with Crippen molar-refractivity contribution in [2.24, 2.45) is 0 Å². The van der Waals surface area contributed by atoms with E-state index in [-0.39, 0.29) is 52.3 Å². The summed E-state index contributed by atoms with van der Waals surface area (Å²) in [4.78, 5) is 30.0. The number of alkyl halides is 3. The van der Waals surface area contributed by atoms with Crippen LogP contribution in [0.1, 0.15) is 29.1 Å². The van der Waals surface area contributed by atoms with E-state index in [2.05, 4.69) is 30.2 Å². The molecule has 0 aliphatic rings. The van der Waals surface area contributed by atoms with Gasteiger partial charge in [0.25, 0.3) is 0 Å². The maximum Gasteiger partial charge on any atom is 0.451 e. The molecule has 1 unspecified atom stereocenters. The van der Waals surface area contributed by atoms with Crippen LogP contribution >= 0.6 is 23.2 Å². The standard InChI is InChI=1S/C17H14Cl2F3N7O2/c1-8(24-4-9-2-3-23-15(26-9)17(20,21)22)6-29-7-11(27-13(29)14(30)31)12-10(18)5-25-16(19)28-12/h2-3,5,7-8,24H,4,6H2,1H3,(H,30,31). The molecule has 9 nitrogen and oxygen atoms in total. The summed E-state index contributed by atoms with van der Waals surface area (Å²) in [5, 5.41) is 12.5. The van der Waals surface area contributed by atoms with Gasteiger partial charge in [-0.1, -0.05) is 11.6 Å². The number of carboxylic acid groups (broad SMARTS) is 1. The lowest BCUT2D eigenvalue weighted by Crippen LogP contribution is -2.31. The van der Waals surface area contributed by atoms with Gasteiger partial charge in [-0.25, -0.2) is 29.7 Å². The highest BCUT2D eigenvalue weighted by Gasteiger charge is 2.34. The molecular weight excluding hydrogens is 462 g/mol. The molecule has 3 aromatic rings. The van der Waals surface area contributed by atoms with Gasteiger partial charge in [-0.05, 0) is 24.6 Å². The highest BCUT2D eigenvalue weighted by atomic mass is 35.5. The van der Waals surface area contributed by atoms with Gasteiger partial charge in [-0.15, -0.1) is 0 Å². The number of aromatic carboxylic acids is 1. The number of aromatic nitrogens is 6. The van der Waals surface area contributed by atoms with Crippen molar-refractivity contribution in [1.29, 1.82) is 0 Å². The lowest BCUT2D eigenvalue weighted by molar-refractivity contribution is -0.145. The van der Waals surface area contributed by atoms with E-state index in [0.29, 0.717) is 0 Å². The summed E-state index contributed by atoms with van der Waals surface area (Å²) in [5.41, 5.74) is 0.495. The Balaban J connectivity index is 1.75. The summed E-state index contributed by atoms with van der Waals surface area (Å²) in [7, 11) is 0. The number of carboxylic acids is 1. The average molecular weight is 476 g/mol. The SMILES string of the molecule is CC(Cn1cc(-c2nc(Cl)ncc2Cl)nc1C(=O)O)NCc1ccnc(C(F)(F)F)n1. The van der Waals surface area contributed by atoms with Crippen LogP contribution in [0.5, 0.6) is 0 Å². The number of nitrogens with one attached hydrogen (secondary N) is 1. The molecule has 3 rings (SSSR count). The topological polar surface area (TPSA) is 119 Å². The van der Waals surface area contributed by atoms with Crippen molar-refractivity contribution < 1.29 is 23.1 Å². The summed E-state index contributed by atoms with van der Waals surface area (Å²) in [6, 6.07) is 1.00. The van der Waals surface area contributed by atoms with Crippen molar-refractivity contribution in [3.8, 4) is 11.4 Å². The predicted molar refractivity (Wildman–Crippen MR) is 104 cm³/mol. The van der Waals surface area contributed by atoms with Crippen molar-refractivity contribution >= 4 is 29.2 Å². The molecule has 0 spiro atoms. The third-order valence-electron chi connectivity index (χ3n) is 3.99. The fourth-order valence-electron chi connectivity index (χ4n) is 2.63. The Morgan fingerprint density at radius 1 is 1.26 bits per heavy atom. The Hall–Kier alpha value is -2.83. The van der Waals surface area contributed by atoms with Crippen LogP contribution in [-0.2, 0) is 19.3 Å². The van der Waals surface area contributed by atoms with Gasteiger partial charge < -0.3 is 15.0 Å². The van der Waals surface area contributed by atoms with E-state index in [1.807, 2.05) is 0 Å². The minimum atomic E-state index is -4.64. The van der Waals surface area contributed by atoms with Crippen LogP contribution in [0.15, 0.2) is 24.7 Å². The van der Waals surface area contributed by atoms with Crippen molar-refractivity contribution in [2.45, 2.75) is 32.2 Å². The Morgan fingerprint density at radius 3 is 2.68 bits per heavy atom. The third-order valence-corrected chi connectivity index (χ3v) is 4.45. The van der Waals surface area contributed by atoms with Crippen LogP contribution in [0.25, 0.3) is 11.4 Å². The van der Waals surface area contributed by atoms with Gasteiger partial charge in [0.05, 0.1) is 16.9 Å². The number of hydrogen-bond acceptors (Lipinski definition) is 7. The van der Waals surface area contributed by atoms with Crippen molar-refractivity contribution in [3.63, 3.8) is 0 Å². The van der Waals surface area contributed by atoms with E-state index in [1.165, 1.54) is 23.0 Å². The van der Waals surface area contributed by atoms with Gasteiger partial charge in [0.1, 0.15) is 11.4 Å². The minimum absolute atomic E-state index is 0.0179. The predicted octanol–water partition coefficient (Wildman–Crippen LogP) is 3.33. The normalized spacial score (nSPS) is 12.7. The molecule has 14 heteroatoms. The number of nitrogens with zero attached hydrogens (tertiary/aromatic N) is 6. The quantitative estimate of drug-likeness (QED) is 0.499. The lowest BCUT2D eigenvalue weighted by atomic mass is 10.3. The second-order valence-corrected chi connectivity index (χ2v) is 7.14. The van der Waals surface area contributed by atoms with Crippen LogP contribution in [0.3, 0.4) is 0 Å². The zero-order chi connectivity index (χ0) is 22.8. The number of hydrogen-bond donors (Lipinski definition) is 2. The molecule has 0 saturated carbocycles. The van der Waals surface area contributed by atoms with Crippen LogP contribution in [0.4, 0.5) is 13.2 Å². The summed E-state index contributed by atoms with van der Waals surface area (Å²) in [6.45, 7) is 1.89. The molecule has 31 heavy (non-hydrogen) atoms. The van der Waals surface area contributed by atoms with Gasteiger partial charge >= 0.3 is 12.1 Å². The first-order chi connectivity index (χ1) is 14.5. The fraction of sp³-hybridized carbons (Fsp3) is 0.294. The fourth-order valence-corrected chi connectivity index (χ4v) is 2.96. The number of rotatable bonds is 7. The van der Waals surface area contributed by atoms with E-state index >= 15 is 0 Å². The molecule has 0 aliphatic heterocycles. The van der Waals surface area contributed by atoms with E-state index in [0.717, 1.165) is 6.20 Å². The Labute approximate surface area is 183 Å². The molecule has 3 aromatic heterocycles. The largest absolute Gasteiger partial charge is 0.475 e. The molecule has 0 fully saturated rings. The maximum absolute atomic E-state index is 12.7. The summed E-state index contributed by atoms with van der Waals surface area (Å²) in [6.07, 6.45) is -0.902. The number of carbonyl (C=O) groups is 1. The third kappa shape index (κ3) is 5.66. The van der Waals surface area contributed by atoms with Crippen LogP contribution in [0.2, 0.25) is 10.3 Å². The first-order valence-corrected chi connectivity index (χ1v) is 9.41. The van der Waals surface area contributed by atoms with Gasteiger partial charge in [-0.3, -0.25) is 0 Å². The molecule has 0 amide bonds. The first-order valence-electron chi connectivity index (χ1n) is 8.66. The van der Waals surface area contributed by atoms with Gasteiger partial charge in [0, 0.05) is 31.5 Å². The second-order valence-electron chi connectivity index (χ2n) is 6.39. The zero-order valence-electron chi connectivity index (χ0n) is 15.7. The Kier molecular flexibility index (Phi) is 6.72. The highest BCUT2D eigenvalue weighted by Crippen LogP contribution is 2.26. The molecule has 164 valence electrons. The lowest BCUT2D eigenvalue weighted by Gasteiger charge is -2.15. The summed E-state index contributed by atoms with van der Waals surface area (Å²) < 4.78 is 39.6. The van der Waals surface area contributed by atoms with Crippen LogP contribution in [-0.4, -0.2) is 46.6 Å². The van der Waals surface area contributed by atoms with Crippen LogP contribution in [0, 0.1) is 0 Å². The van der Waals surface area contributed by atoms with Crippen molar-refractivity contribution in [1.82, 2.24) is 34.8 Å². The van der Waals surface area contributed by atoms with E-state index in [1.54, 1.807) is 6.92 Å². The molecule has 0 radical (unpaired) electrons. The molecular formula is C17H14Cl2F3N7O2. The maximum atomic E-state index is 12.7. The molecule has 0 bridgehead atoms. The van der Waals surface area contributed by atoms with Crippen LogP contribution < -0.4 is 5.32 Å². The molecule has 1 atom stereocenters. The van der Waals surface area contributed by atoms with Gasteiger partial charge in [-0.2, -0.15) is 13.2 Å². The second kappa shape index (κ2) is 9.12. The van der Waals surface area contributed by atoms with E-state index < -0.39 is 18.0 Å².